The number of phenolic OH excluding ortho intramolecular Hbond substituents is 1. The first-order valence-corrected chi connectivity index (χ1v) is 5.74. The Bertz CT molecular complexity index is 397. The van der Waals surface area contributed by atoms with Crippen molar-refractivity contribution < 1.29 is 14.9 Å². The third-order valence-electron chi connectivity index (χ3n) is 3.28. The number of rotatable bonds is 2. The number of ether oxygens (including phenoxy) is 1. The summed E-state index contributed by atoms with van der Waals surface area (Å²) in [6.07, 6.45) is 3.38. The summed E-state index contributed by atoms with van der Waals surface area (Å²) < 4.78 is 5.34. The topological polar surface area (TPSA) is 49.7 Å². The van der Waals surface area contributed by atoms with Gasteiger partial charge in [0.2, 0.25) is 0 Å². The smallest absolute Gasteiger partial charge is 0.125 e. The van der Waals surface area contributed by atoms with E-state index in [9.17, 15) is 10.2 Å². The highest BCUT2D eigenvalue weighted by Gasteiger charge is 2.22. The molecule has 16 heavy (non-hydrogen) atoms. The van der Waals surface area contributed by atoms with Crippen molar-refractivity contribution in [3.8, 4) is 11.5 Å². The molecule has 0 fully saturated rings. The third-order valence-corrected chi connectivity index (χ3v) is 3.28. The van der Waals surface area contributed by atoms with Crippen molar-refractivity contribution in [3.05, 3.63) is 22.8 Å². The summed E-state index contributed by atoms with van der Waals surface area (Å²) in [5, 5.41) is 19.7. The van der Waals surface area contributed by atoms with E-state index in [4.69, 9.17) is 4.74 Å². The monoisotopic (exact) mass is 222 g/mol. The van der Waals surface area contributed by atoms with Crippen molar-refractivity contribution in [1.29, 1.82) is 0 Å². The van der Waals surface area contributed by atoms with Gasteiger partial charge in [0, 0.05) is 16.7 Å². The van der Waals surface area contributed by atoms with Crippen LogP contribution in [0.5, 0.6) is 11.5 Å². The fourth-order valence-corrected chi connectivity index (χ4v) is 2.41. The molecule has 3 nitrogen and oxygen atoms in total. The number of methoxy groups -OCH3 is 1. The Balaban J connectivity index is 2.60. The van der Waals surface area contributed by atoms with Crippen LogP contribution in [0.25, 0.3) is 0 Å². The maximum Gasteiger partial charge on any atom is 0.125 e. The first-order valence-electron chi connectivity index (χ1n) is 5.74. The molecule has 0 aliphatic heterocycles. The largest absolute Gasteiger partial charge is 0.507 e. The van der Waals surface area contributed by atoms with Gasteiger partial charge in [-0.1, -0.05) is 0 Å². The minimum absolute atomic E-state index is 0.255. The molecule has 0 bridgehead atoms. The maximum atomic E-state index is 10.1. The second-order valence-electron chi connectivity index (χ2n) is 4.36. The summed E-state index contributed by atoms with van der Waals surface area (Å²) in [5.41, 5.74) is 2.63. The molecular weight excluding hydrogens is 204 g/mol. The Hall–Kier alpha value is -1.22. The van der Waals surface area contributed by atoms with Gasteiger partial charge in [-0.2, -0.15) is 0 Å². The van der Waals surface area contributed by atoms with Gasteiger partial charge >= 0.3 is 0 Å². The van der Waals surface area contributed by atoms with Crippen molar-refractivity contribution in [2.45, 2.75) is 38.7 Å². The quantitative estimate of drug-likeness (QED) is 0.807. The Morgan fingerprint density at radius 3 is 2.44 bits per heavy atom. The van der Waals surface area contributed by atoms with Gasteiger partial charge < -0.3 is 14.9 Å². The molecule has 2 rings (SSSR count). The normalized spacial score (nSPS) is 16.7. The SMILES string of the molecule is COc1cc(C(C)O)c(O)c2c1CCCC2. The van der Waals surface area contributed by atoms with E-state index in [0.717, 1.165) is 42.6 Å². The molecule has 1 aliphatic rings. The summed E-state index contributed by atoms with van der Waals surface area (Å²) in [5.74, 6) is 1.05. The van der Waals surface area contributed by atoms with Gasteiger partial charge in [0.15, 0.2) is 0 Å². The highest BCUT2D eigenvalue weighted by Crippen LogP contribution is 2.40. The Morgan fingerprint density at radius 1 is 1.25 bits per heavy atom. The fraction of sp³-hybridized carbons (Fsp3) is 0.538. The van der Waals surface area contributed by atoms with E-state index in [-0.39, 0.29) is 5.75 Å². The summed E-state index contributed by atoms with van der Waals surface area (Å²) in [7, 11) is 1.63. The van der Waals surface area contributed by atoms with Crippen LogP contribution >= 0.6 is 0 Å². The molecule has 0 saturated carbocycles. The van der Waals surface area contributed by atoms with Crippen LogP contribution < -0.4 is 4.74 Å². The van der Waals surface area contributed by atoms with Crippen LogP contribution in [0.1, 0.15) is 42.6 Å². The van der Waals surface area contributed by atoms with Crippen LogP contribution in [0.3, 0.4) is 0 Å². The molecule has 2 N–H and O–H groups in total. The first kappa shape index (κ1) is 11.3. The van der Waals surface area contributed by atoms with Gasteiger partial charge in [-0.3, -0.25) is 0 Å². The third kappa shape index (κ3) is 1.76. The molecule has 1 unspecified atom stereocenters. The minimum atomic E-state index is -0.666. The van der Waals surface area contributed by atoms with Crippen LogP contribution in [0.2, 0.25) is 0 Å². The standard InChI is InChI=1S/C13H18O3/c1-8(14)11-7-12(16-2)9-5-3-4-6-10(9)13(11)15/h7-8,14-15H,3-6H2,1-2H3. The molecule has 0 saturated heterocycles. The highest BCUT2D eigenvalue weighted by molar-refractivity contribution is 5.54. The van der Waals surface area contributed by atoms with Gasteiger partial charge in [-0.05, 0) is 38.7 Å². The van der Waals surface area contributed by atoms with E-state index in [1.807, 2.05) is 0 Å². The van der Waals surface area contributed by atoms with Gasteiger partial charge in [0.05, 0.1) is 13.2 Å². The first-order chi connectivity index (χ1) is 7.65. The summed E-state index contributed by atoms with van der Waals surface area (Å²) in [4.78, 5) is 0. The molecule has 3 heteroatoms. The van der Waals surface area contributed by atoms with Crippen molar-refractivity contribution in [1.82, 2.24) is 0 Å². The summed E-state index contributed by atoms with van der Waals surface area (Å²) in [6, 6.07) is 1.75. The Kier molecular flexibility index (Phi) is 3.06. The number of aliphatic hydroxyl groups is 1. The molecule has 1 aliphatic carbocycles. The molecule has 1 atom stereocenters. The van der Waals surface area contributed by atoms with Crippen LogP contribution in [0.15, 0.2) is 6.07 Å². The zero-order valence-electron chi connectivity index (χ0n) is 9.79. The second-order valence-corrected chi connectivity index (χ2v) is 4.36. The number of aliphatic hydroxyl groups excluding tert-OH is 1. The average Bonchev–Trinajstić information content (AvgIpc) is 2.29. The van der Waals surface area contributed by atoms with E-state index < -0.39 is 6.10 Å². The van der Waals surface area contributed by atoms with Crippen molar-refractivity contribution in [3.63, 3.8) is 0 Å². The predicted molar refractivity (Wildman–Crippen MR) is 61.9 cm³/mol. The van der Waals surface area contributed by atoms with E-state index in [1.165, 1.54) is 0 Å². The molecule has 0 aromatic heterocycles. The highest BCUT2D eigenvalue weighted by atomic mass is 16.5. The average molecular weight is 222 g/mol. The van der Waals surface area contributed by atoms with E-state index >= 15 is 0 Å². The zero-order valence-corrected chi connectivity index (χ0v) is 9.79. The van der Waals surface area contributed by atoms with Crippen molar-refractivity contribution in [2.24, 2.45) is 0 Å². The van der Waals surface area contributed by atoms with E-state index in [0.29, 0.717) is 5.56 Å². The number of phenols is 1. The number of hydrogen-bond donors (Lipinski definition) is 2. The number of aromatic hydroxyl groups is 1. The lowest BCUT2D eigenvalue weighted by Gasteiger charge is -2.22. The number of benzene rings is 1. The lowest BCUT2D eigenvalue weighted by Crippen LogP contribution is -2.08. The zero-order chi connectivity index (χ0) is 11.7. The van der Waals surface area contributed by atoms with Gasteiger partial charge in [-0.25, -0.2) is 0 Å². The second kappa shape index (κ2) is 4.34. The van der Waals surface area contributed by atoms with Crippen molar-refractivity contribution in [2.75, 3.05) is 7.11 Å². The molecule has 0 spiro atoms. The Labute approximate surface area is 95.7 Å². The van der Waals surface area contributed by atoms with Crippen LogP contribution in [-0.2, 0) is 12.8 Å². The molecule has 0 amide bonds. The lowest BCUT2D eigenvalue weighted by molar-refractivity contribution is 0.194. The van der Waals surface area contributed by atoms with Crippen molar-refractivity contribution >= 4 is 0 Å². The fourth-order valence-electron chi connectivity index (χ4n) is 2.41. The molecular formula is C13H18O3. The van der Waals surface area contributed by atoms with Crippen LogP contribution in [0.4, 0.5) is 0 Å². The lowest BCUT2D eigenvalue weighted by atomic mass is 9.87. The summed E-state index contributed by atoms with van der Waals surface area (Å²) in [6.45, 7) is 1.66. The Morgan fingerprint density at radius 2 is 1.88 bits per heavy atom. The van der Waals surface area contributed by atoms with E-state index in [2.05, 4.69) is 0 Å². The van der Waals surface area contributed by atoms with Crippen LogP contribution in [-0.4, -0.2) is 17.3 Å². The van der Waals surface area contributed by atoms with Gasteiger partial charge in [-0.15, -0.1) is 0 Å². The molecule has 1 aromatic rings. The van der Waals surface area contributed by atoms with Crippen LogP contribution in [0, 0.1) is 0 Å². The summed E-state index contributed by atoms with van der Waals surface area (Å²) >= 11 is 0. The molecule has 88 valence electrons. The predicted octanol–water partition coefficient (Wildman–Crippen LogP) is 2.33. The number of fused-ring (bicyclic) bond motifs is 1. The molecule has 1 aromatic carbocycles. The maximum absolute atomic E-state index is 10.1. The van der Waals surface area contributed by atoms with Gasteiger partial charge in [0.25, 0.3) is 0 Å². The minimum Gasteiger partial charge on any atom is -0.507 e. The van der Waals surface area contributed by atoms with Gasteiger partial charge in [0.1, 0.15) is 11.5 Å². The molecule has 0 radical (unpaired) electrons. The number of hydrogen-bond acceptors (Lipinski definition) is 3. The van der Waals surface area contributed by atoms with E-state index in [1.54, 1.807) is 20.1 Å². The molecule has 0 heterocycles.